The van der Waals surface area contributed by atoms with Gasteiger partial charge in [0.05, 0.1) is 48.8 Å². The summed E-state index contributed by atoms with van der Waals surface area (Å²) < 4.78 is 24.4. The third-order valence-electron chi connectivity index (χ3n) is 16.1. The fourth-order valence-electron chi connectivity index (χ4n) is 11.1. The van der Waals surface area contributed by atoms with Gasteiger partial charge in [-0.25, -0.2) is 0 Å². The summed E-state index contributed by atoms with van der Waals surface area (Å²) >= 11 is 0. The van der Waals surface area contributed by atoms with Gasteiger partial charge in [0.15, 0.2) is 23.0 Å². The number of methoxy groups -OCH3 is 2. The summed E-state index contributed by atoms with van der Waals surface area (Å²) in [7, 11) is 6.41. The molecule has 4 heterocycles. The first-order valence-electron chi connectivity index (χ1n) is 29.8. The highest BCUT2D eigenvalue weighted by Gasteiger charge is 2.39. The molecule has 3 N–H and O–H groups in total. The van der Waals surface area contributed by atoms with Gasteiger partial charge in [0.2, 0.25) is 17.7 Å². The molecule has 0 saturated carbocycles. The fraction of sp³-hybridized carbons (Fsp3) is 0.433. The number of rotatable bonds is 27. The summed E-state index contributed by atoms with van der Waals surface area (Å²) in [5, 5.41) is 8.75. The second kappa shape index (κ2) is 27.8. The normalized spacial score (nSPS) is 16.9. The SMILES string of the molecule is CCCCCC(C)c1ccc2c(c1)C[C@H]1C=Nc3cc(OCc4cc(COc5cc6c(cc5OC)C(=O)N5c7ccccc7C[C@H]5C=N6)cc(NC(=O)[C@@H](C)NC(=O)[C@H](C)NC(=O)CCC(C)(C)SSC(C)CCC(C)=O)c4)c(OC)cc3C(=O)N21. The molecule has 2 unspecified atom stereocenters. The molecule has 19 heteroatoms. The van der Waals surface area contributed by atoms with Gasteiger partial charge >= 0.3 is 0 Å². The number of carbonyl (C=O) groups is 6. The zero-order valence-corrected chi connectivity index (χ0v) is 52.5. The van der Waals surface area contributed by atoms with Crippen molar-refractivity contribution >= 4 is 97.8 Å². The predicted molar refractivity (Wildman–Crippen MR) is 343 cm³/mol. The lowest BCUT2D eigenvalue weighted by Crippen LogP contribution is -2.50. The van der Waals surface area contributed by atoms with Gasteiger partial charge in [-0.3, -0.25) is 43.8 Å². The van der Waals surface area contributed by atoms with Crippen molar-refractivity contribution in [2.75, 3.05) is 29.3 Å². The van der Waals surface area contributed by atoms with E-state index in [4.69, 9.17) is 28.9 Å². The molecule has 17 nitrogen and oxygen atoms in total. The monoisotopic (exact) mass is 1210 g/mol. The third kappa shape index (κ3) is 14.9. The van der Waals surface area contributed by atoms with E-state index in [1.807, 2.05) is 41.4 Å². The van der Waals surface area contributed by atoms with E-state index in [1.165, 1.54) is 39.0 Å². The van der Waals surface area contributed by atoms with Gasteiger partial charge in [0, 0.05) is 77.3 Å². The maximum Gasteiger partial charge on any atom is 0.261 e. The lowest BCUT2D eigenvalue weighted by Gasteiger charge is -2.25. The van der Waals surface area contributed by atoms with Crippen molar-refractivity contribution in [3.05, 3.63) is 124 Å². The van der Waals surface area contributed by atoms with Gasteiger partial charge in [-0.1, -0.05) is 92.0 Å². The zero-order valence-electron chi connectivity index (χ0n) is 50.9. The number of ketones is 1. The van der Waals surface area contributed by atoms with Gasteiger partial charge < -0.3 is 39.7 Å². The molecule has 0 aromatic heterocycles. The van der Waals surface area contributed by atoms with Crippen LogP contribution < -0.4 is 44.7 Å². The molecule has 5 aromatic carbocycles. The number of Topliss-reactive ketones (excluding diaryl/α,β-unsaturated/α-hetero) is 1. The van der Waals surface area contributed by atoms with Crippen molar-refractivity contribution in [3.63, 3.8) is 0 Å². The number of nitrogens with zero attached hydrogens (tertiary/aromatic N) is 4. The molecule has 0 saturated heterocycles. The summed E-state index contributed by atoms with van der Waals surface area (Å²) in [5.74, 6) is 0.192. The van der Waals surface area contributed by atoms with E-state index in [0.29, 0.717) is 93.9 Å². The van der Waals surface area contributed by atoms with Crippen LogP contribution in [0.4, 0.5) is 28.4 Å². The van der Waals surface area contributed by atoms with Crippen LogP contribution in [0.2, 0.25) is 0 Å². The van der Waals surface area contributed by atoms with E-state index in [9.17, 15) is 28.8 Å². The molecule has 0 radical (unpaired) electrons. The van der Waals surface area contributed by atoms with Crippen molar-refractivity contribution < 1.29 is 47.7 Å². The second-order valence-electron chi connectivity index (χ2n) is 23.5. The van der Waals surface area contributed by atoms with Gasteiger partial charge in [-0.2, -0.15) is 0 Å². The van der Waals surface area contributed by atoms with E-state index < -0.39 is 23.9 Å². The maximum absolute atomic E-state index is 14.5. The first-order valence-corrected chi connectivity index (χ1v) is 32.0. The average molecular weight is 1210 g/mol. The molecule has 6 atom stereocenters. The first-order chi connectivity index (χ1) is 41.2. The Balaban J connectivity index is 0.905. The van der Waals surface area contributed by atoms with Gasteiger partial charge in [-0.05, 0) is 130 Å². The maximum atomic E-state index is 14.5. The Bertz CT molecular complexity index is 3460. The molecule has 0 fully saturated rings. The number of ether oxygens (including phenoxy) is 4. The van der Waals surface area contributed by atoms with Crippen LogP contribution in [-0.2, 0) is 45.2 Å². The van der Waals surface area contributed by atoms with Crippen molar-refractivity contribution in [2.24, 2.45) is 9.98 Å². The van der Waals surface area contributed by atoms with E-state index >= 15 is 0 Å². The molecule has 4 aliphatic heterocycles. The van der Waals surface area contributed by atoms with Crippen LogP contribution in [0.5, 0.6) is 23.0 Å². The number of aliphatic imine (C=N–C) groups is 2. The third-order valence-corrected chi connectivity index (χ3v) is 20.0. The van der Waals surface area contributed by atoms with Crippen LogP contribution in [0.25, 0.3) is 0 Å². The van der Waals surface area contributed by atoms with Crippen molar-refractivity contribution in [2.45, 2.75) is 173 Å². The summed E-state index contributed by atoms with van der Waals surface area (Å²) in [6, 6.07) is 23.9. The molecule has 0 bridgehead atoms. The summed E-state index contributed by atoms with van der Waals surface area (Å²) in [6.45, 7) is 15.4. The van der Waals surface area contributed by atoms with E-state index in [-0.39, 0.29) is 65.2 Å². The van der Waals surface area contributed by atoms with Crippen LogP contribution in [0.3, 0.4) is 0 Å². The largest absolute Gasteiger partial charge is 0.493 e. The Labute approximate surface area is 512 Å². The minimum atomic E-state index is -1.02. The van der Waals surface area contributed by atoms with Crippen molar-refractivity contribution in [1.82, 2.24) is 10.6 Å². The number of amides is 5. The Morgan fingerprint density at radius 1 is 0.674 bits per heavy atom. The van der Waals surface area contributed by atoms with E-state index in [0.717, 1.165) is 35.3 Å². The molecule has 86 heavy (non-hydrogen) atoms. The predicted octanol–water partition coefficient (Wildman–Crippen LogP) is 12.8. The zero-order chi connectivity index (χ0) is 61.4. The van der Waals surface area contributed by atoms with Gasteiger partial charge in [0.25, 0.3) is 11.8 Å². The molecule has 4 aliphatic rings. The van der Waals surface area contributed by atoms with Crippen LogP contribution in [0.1, 0.15) is 161 Å². The first kappa shape index (κ1) is 62.9. The topological polar surface area (TPSA) is 207 Å². The number of fused-ring (bicyclic) bond motifs is 8. The van der Waals surface area contributed by atoms with Gasteiger partial charge in [0.1, 0.15) is 31.1 Å². The molecule has 9 rings (SSSR count). The van der Waals surface area contributed by atoms with E-state index in [1.54, 1.807) is 89.9 Å². The standard InChI is InChI=1S/C67H79N7O10S2/c1-11-12-13-16-39(2)46-21-22-57-48(28-46)30-51-36-69-55-34-61(59(82-10)32-53(55)66(80)74(51)57)84-38-45-25-44(37-83-60-33-54-52(31-58(60)81-9)65(79)73-50(35-68-54)29-47-17-14-15-18-56(47)73)26-49(27-45)72-64(78)43(6)71-63(77)42(5)70-62(76)23-24-67(7,8)86-85-41(4)20-19-40(3)75/h14-15,17-18,21-22,25-28,31-36,39,41-43,50-51H,11-13,16,19-20,23-24,29-30,37-38H2,1-10H3,(H,70,76)(H,71,77)(H,72,78)/t39?,41?,42-,43+,50-,51-/m0/s1. The Morgan fingerprint density at radius 2 is 1.26 bits per heavy atom. The highest BCUT2D eigenvalue weighted by Crippen LogP contribution is 2.45. The smallest absolute Gasteiger partial charge is 0.261 e. The number of benzene rings is 5. The molecule has 5 amide bonds. The number of unbranched alkanes of at least 4 members (excludes halogenated alkanes) is 2. The van der Waals surface area contributed by atoms with Crippen LogP contribution in [-0.4, -0.2) is 96.1 Å². The highest BCUT2D eigenvalue weighted by molar-refractivity contribution is 8.77. The lowest BCUT2D eigenvalue weighted by molar-refractivity contribution is -0.130. The number of anilines is 3. The van der Waals surface area contributed by atoms with Crippen molar-refractivity contribution in [3.8, 4) is 23.0 Å². The minimum absolute atomic E-state index is 0.0246. The lowest BCUT2D eigenvalue weighted by atomic mass is 9.93. The molecular formula is C67H79N7O10S2. The number of para-hydroxylation sites is 1. The van der Waals surface area contributed by atoms with Gasteiger partial charge in [-0.15, -0.1) is 0 Å². The molecule has 454 valence electrons. The number of hydrogen-bond donors (Lipinski definition) is 3. The van der Waals surface area contributed by atoms with Crippen LogP contribution in [0, 0.1) is 0 Å². The fourth-order valence-corrected chi connectivity index (χ4v) is 13.8. The van der Waals surface area contributed by atoms with Crippen molar-refractivity contribution in [1.29, 1.82) is 0 Å². The number of nitrogens with one attached hydrogen (secondary N) is 3. The molecule has 0 spiro atoms. The Hall–Kier alpha value is -7.64. The Morgan fingerprint density at radius 3 is 1.85 bits per heavy atom. The molecule has 5 aromatic rings. The Kier molecular flexibility index (Phi) is 20.3. The van der Waals surface area contributed by atoms with Crippen LogP contribution in [0.15, 0.2) is 94.9 Å². The second-order valence-corrected chi connectivity index (χ2v) is 26.9. The average Bonchev–Trinajstić information content (AvgIpc) is 2.84. The number of hydrogen-bond acceptors (Lipinski definition) is 14. The summed E-state index contributed by atoms with van der Waals surface area (Å²) in [6.07, 6.45) is 11.7. The minimum Gasteiger partial charge on any atom is -0.493 e. The molecular weight excluding hydrogens is 1130 g/mol. The summed E-state index contributed by atoms with van der Waals surface area (Å²) in [5.41, 5.74) is 8.45. The van der Waals surface area contributed by atoms with E-state index in [2.05, 4.69) is 68.8 Å². The summed E-state index contributed by atoms with van der Waals surface area (Å²) in [4.78, 5) is 93.9. The number of carbonyl (C=O) groups excluding carboxylic acids is 6. The quantitative estimate of drug-likeness (QED) is 0.0332. The van der Waals surface area contributed by atoms with Crippen LogP contribution >= 0.6 is 21.6 Å². The molecule has 0 aliphatic carbocycles. The highest BCUT2D eigenvalue weighted by atomic mass is 33.1.